The summed E-state index contributed by atoms with van der Waals surface area (Å²) in [4.78, 5) is 11.4. The van der Waals surface area contributed by atoms with E-state index < -0.39 is 4.92 Å². The first-order valence-corrected chi connectivity index (χ1v) is 8.23. The van der Waals surface area contributed by atoms with Crippen LogP contribution in [0.25, 0.3) is 6.08 Å². The zero-order chi connectivity index (χ0) is 16.5. The van der Waals surface area contributed by atoms with E-state index in [1.165, 1.54) is 25.8 Å². The predicted molar refractivity (Wildman–Crippen MR) is 90.4 cm³/mol. The molecule has 0 aliphatic heterocycles. The molecule has 122 valence electrons. The van der Waals surface area contributed by atoms with Crippen LogP contribution in [0.3, 0.4) is 0 Å². The molecule has 1 rings (SSSR count). The molecule has 0 radical (unpaired) electrons. The summed E-state index contributed by atoms with van der Waals surface area (Å²) in [5.74, 6) is 2.33. The molecule has 0 spiro atoms. The van der Waals surface area contributed by atoms with Crippen LogP contribution in [0.2, 0.25) is 0 Å². The third kappa shape index (κ3) is 5.26. The van der Waals surface area contributed by atoms with Gasteiger partial charge in [0.15, 0.2) is 0 Å². The van der Waals surface area contributed by atoms with Crippen LogP contribution < -0.4 is 9.47 Å². The third-order valence-electron chi connectivity index (χ3n) is 3.17. The fraction of sp³-hybridized carbons (Fsp3) is 0.500. The lowest BCUT2D eigenvalue weighted by atomic mass is 10.1. The van der Waals surface area contributed by atoms with Crippen molar-refractivity contribution >= 4 is 17.8 Å². The Hall–Kier alpha value is -1.69. The van der Waals surface area contributed by atoms with Crippen LogP contribution in [-0.2, 0) is 0 Å². The Kier molecular flexibility index (Phi) is 7.80. The van der Waals surface area contributed by atoms with Crippen molar-refractivity contribution in [2.75, 3.05) is 20.0 Å². The van der Waals surface area contributed by atoms with Gasteiger partial charge >= 0.3 is 0 Å². The number of unbranched alkanes of at least 4 members (excludes halogenated alkanes) is 2. The highest BCUT2D eigenvalue weighted by Crippen LogP contribution is 2.37. The van der Waals surface area contributed by atoms with E-state index in [0.717, 1.165) is 17.1 Å². The van der Waals surface area contributed by atoms with Gasteiger partial charge in [-0.2, -0.15) is 0 Å². The molecule has 6 heteroatoms. The molecule has 0 aliphatic carbocycles. The second kappa shape index (κ2) is 9.35. The second-order valence-corrected chi connectivity index (χ2v) is 5.98. The maximum Gasteiger partial charge on any atom is 0.243 e. The molecule has 0 saturated carbocycles. The Balaban J connectivity index is 3.06. The molecule has 0 amide bonds. The summed E-state index contributed by atoms with van der Waals surface area (Å²) in [6, 6.07) is 3.67. The van der Waals surface area contributed by atoms with E-state index >= 15 is 0 Å². The smallest absolute Gasteiger partial charge is 0.243 e. The monoisotopic (exact) mass is 325 g/mol. The van der Waals surface area contributed by atoms with Gasteiger partial charge in [0.2, 0.25) is 5.70 Å². The molecule has 5 nitrogen and oxygen atoms in total. The Bertz CT molecular complexity index is 543. The van der Waals surface area contributed by atoms with Gasteiger partial charge in [0.05, 0.1) is 24.0 Å². The number of nitrogens with zero attached hydrogens (tertiary/aromatic N) is 1. The van der Waals surface area contributed by atoms with Gasteiger partial charge in [-0.3, -0.25) is 10.1 Å². The third-order valence-corrected chi connectivity index (χ3v) is 4.30. The van der Waals surface area contributed by atoms with E-state index in [2.05, 4.69) is 6.92 Å². The number of hydrogen-bond acceptors (Lipinski definition) is 5. The largest absolute Gasteiger partial charge is 0.496 e. The van der Waals surface area contributed by atoms with Crippen LogP contribution in [0.1, 0.15) is 38.7 Å². The molecule has 0 atom stereocenters. The minimum Gasteiger partial charge on any atom is -0.496 e. The van der Waals surface area contributed by atoms with Gasteiger partial charge in [0.1, 0.15) is 11.5 Å². The summed E-state index contributed by atoms with van der Waals surface area (Å²) in [6.45, 7) is 3.63. The normalized spacial score (nSPS) is 11.4. The maximum absolute atomic E-state index is 10.8. The first-order valence-electron chi connectivity index (χ1n) is 7.25. The first-order chi connectivity index (χ1) is 10.5. The Morgan fingerprint density at radius 3 is 2.50 bits per heavy atom. The molecular weight excluding hydrogens is 302 g/mol. The molecule has 0 saturated heterocycles. The molecule has 0 N–H and O–H groups in total. The first kappa shape index (κ1) is 18.4. The van der Waals surface area contributed by atoms with Gasteiger partial charge in [0, 0.05) is 18.6 Å². The SMILES string of the molecule is CCCCCSc1cc(OC)c(/C=C(\C)[N+](=O)[O-])cc1OC. The van der Waals surface area contributed by atoms with Gasteiger partial charge < -0.3 is 9.47 Å². The van der Waals surface area contributed by atoms with E-state index in [-0.39, 0.29) is 5.70 Å². The number of allylic oxidation sites excluding steroid dienone is 1. The number of hydrogen-bond donors (Lipinski definition) is 0. The summed E-state index contributed by atoms with van der Waals surface area (Å²) >= 11 is 1.72. The average molecular weight is 325 g/mol. The van der Waals surface area contributed by atoms with Crippen LogP contribution >= 0.6 is 11.8 Å². The van der Waals surface area contributed by atoms with E-state index in [4.69, 9.17) is 9.47 Å². The van der Waals surface area contributed by atoms with Gasteiger partial charge in [-0.1, -0.05) is 19.8 Å². The van der Waals surface area contributed by atoms with Crippen molar-refractivity contribution in [2.45, 2.75) is 38.0 Å². The Morgan fingerprint density at radius 1 is 1.27 bits per heavy atom. The number of methoxy groups -OCH3 is 2. The Morgan fingerprint density at radius 2 is 1.95 bits per heavy atom. The fourth-order valence-corrected chi connectivity index (χ4v) is 2.97. The lowest BCUT2D eigenvalue weighted by molar-refractivity contribution is -0.422. The summed E-state index contributed by atoms with van der Waals surface area (Å²) < 4.78 is 10.8. The van der Waals surface area contributed by atoms with Crippen molar-refractivity contribution in [1.29, 1.82) is 0 Å². The molecule has 0 heterocycles. The number of thioether (sulfide) groups is 1. The lowest BCUT2D eigenvalue weighted by Gasteiger charge is -2.13. The molecule has 22 heavy (non-hydrogen) atoms. The standard InChI is InChI=1S/C16H23NO4S/c1-5-6-7-8-22-16-11-14(20-3)13(10-15(16)21-4)9-12(2)17(18)19/h9-11H,5-8H2,1-4H3/b12-9+. The summed E-state index contributed by atoms with van der Waals surface area (Å²) in [6.07, 6.45) is 5.03. The van der Waals surface area contributed by atoms with Crippen LogP contribution in [0, 0.1) is 10.1 Å². The summed E-state index contributed by atoms with van der Waals surface area (Å²) in [5.41, 5.74) is 0.704. The fourth-order valence-electron chi connectivity index (χ4n) is 1.93. The van der Waals surface area contributed by atoms with Gasteiger partial charge in [-0.25, -0.2) is 0 Å². The number of ether oxygens (including phenoxy) is 2. The van der Waals surface area contributed by atoms with E-state index in [1.54, 1.807) is 32.0 Å². The molecule has 0 aliphatic rings. The molecule has 0 aromatic heterocycles. The highest BCUT2D eigenvalue weighted by Gasteiger charge is 2.13. The maximum atomic E-state index is 10.8. The van der Waals surface area contributed by atoms with E-state index in [0.29, 0.717) is 17.1 Å². The molecule has 1 aromatic carbocycles. The highest BCUT2D eigenvalue weighted by atomic mass is 32.2. The van der Waals surface area contributed by atoms with Gasteiger partial charge in [0.25, 0.3) is 0 Å². The molecule has 0 fully saturated rings. The number of benzene rings is 1. The van der Waals surface area contributed by atoms with Crippen molar-refractivity contribution in [1.82, 2.24) is 0 Å². The quantitative estimate of drug-likeness (QED) is 0.287. The van der Waals surface area contributed by atoms with Crippen LogP contribution in [0.4, 0.5) is 0 Å². The van der Waals surface area contributed by atoms with Crippen molar-refractivity contribution < 1.29 is 14.4 Å². The molecule has 0 unspecified atom stereocenters. The Labute approximate surface area is 135 Å². The second-order valence-electron chi connectivity index (χ2n) is 4.84. The minimum absolute atomic E-state index is 0.0590. The topological polar surface area (TPSA) is 61.6 Å². The summed E-state index contributed by atoms with van der Waals surface area (Å²) in [5, 5.41) is 10.8. The van der Waals surface area contributed by atoms with Crippen LogP contribution in [0.15, 0.2) is 22.7 Å². The molecular formula is C16H23NO4S. The van der Waals surface area contributed by atoms with E-state index in [9.17, 15) is 10.1 Å². The van der Waals surface area contributed by atoms with Crippen molar-refractivity contribution in [3.8, 4) is 11.5 Å². The lowest BCUT2D eigenvalue weighted by Crippen LogP contribution is -1.96. The number of rotatable bonds is 9. The van der Waals surface area contributed by atoms with Crippen molar-refractivity contribution in [3.05, 3.63) is 33.5 Å². The van der Waals surface area contributed by atoms with Crippen LogP contribution in [0.5, 0.6) is 11.5 Å². The number of nitro groups is 1. The predicted octanol–water partition coefficient (Wildman–Crippen LogP) is 4.62. The van der Waals surface area contributed by atoms with Crippen molar-refractivity contribution in [2.24, 2.45) is 0 Å². The zero-order valence-corrected chi connectivity index (χ0v) is 14.4. The molecule has 0 bridgehead atoms. The minimum atomic E-state index is -0.417. The molecule has 1 aromatic rings. The zero-order valence-electron chi connectivity index (χ0n) is 13.5. The van der Waals surface area contributed by atoms with Crippen LogP contribution in [-0.4, -0.2) is 24.9 Å². The van der Waals surface area contributed by atoms with Gasteiger partial charge in [-0.15, -0.1) is 11.8 Å². The summed E-state index contributed by atoms with van der Waals surface area (Å²) in [7, 11) is 3.16. The average Bonchev–Trinajstić information content (AvgIpc) is 2.51. The highest BCUT2D eigenvalue weighted by molar-refractivity contribution is 7.99. The van der Waals surface area contributed by atoms with Crippen molar-refractivity contribution in [3.63, 3.8) is 0 Å². The van der Waals surface area contributed by atoms with Gasteiger partial charge in [-0.05, 0) is 24.3 Å². The van der Waals surface area contributed by atoms with E-state index in [1.807, 2.05) is 6.07 Å².